The summed E-state index contributed by atoms with van der Waals surface area (Å²) in [5.74, 6) is 1.73. The number of carbonyl (C=O) groups excluding carboxylic acids is 1. The highest BCUT2D eigenvalue weighted by Gasteiger charge is 2.36. The lowest BCUT2D eigenvalue weighted by molar-refractivity contribution is -0.143. The number of hydrogen-bond donors (Lipinski definition) is 0. The predicted molar refractivity (Wildman–Crippen MR) is 162 cm³/mol. The van der Waals surface area contributed by atoms with Gasteiger partial charge in [0.05, 0.1) is 26.2 Å². The van der Waals surface area contributed by atoms with E-state index in [1.165, 1.54) is 18.9 Å². The van der Waals surface area contributed by atoms with Crippen LogP contribution in [0, 0.1) is 17.2 Å². The molecule has 2 fully saturated rings. The largest absolute Gasteiger partial charge is 0.497 e. The average Bonchev–Trinajstić information content (AvgIpc) is 3.80. The zero-order chi connectivity index (χ0) is 29.7. The minimum Gasteiger partial charge on any atom is -0.497 e. The molecule has 1 aliphatic heterocycles. The van der Waals surface area contributed by atoms with Crippen molar-refractivity contribution in [1.29, 1.82) is 0 Å². The van der Waals surface area contributed by atoms with Crippen molar-refractivity contribution in [1.82, 2.24) is 0 Å². The summed E-state index contributed by atoms with van der Waals surface area (Å²) in [5, 5.41) is 0. The molecule has 1 saturated carbocycles. The van der Waals surface area contributed by atoms with Gasteiger partial charge in [-0.1, -0.05) is 51.0 Å². The number of hydrogen-bond acceptors (Lipinski definition) is 5. The summed E-state index contributed by atoms with van der Waals surface area (Å²) in [6.07, 6.45) is 5.69. The lowest BCUT2D eigenvalue weighted by Gasteiger charge is -2.39. The zero-order valence-corrected chi connectivity index (χ0v) is 25.3. The molecule has 5 rings (SSSR count). The maximum absolute atomic E-state index is 15.2. The van der Waals surface area contributed by atoms with Crippen LogP contribution in [0.3, 0.4) is 0 Å². The van der Waals surface area contributed by atoms with Crippen LogP contribution in [-0.2, 0) is 20.9 Å². The summed E-state index contributed by atoms with van der Waals surface area (Å²) in [7, 11) is 1.59. The third-order valence-electron chi connectivity index (χ3n) is 8.59. The molecule has 0 amide bonds. The number of carbonyl (C=O) groups is 1. The monoisotopic (exact) mass is 574 g/mol. The van der Waals surface area contributed by atoms with Gasteiger partial charge in [-0.3, -0.25) is 4.79 Å². The molecule has 2 atom stereocenters. The Morgan fingerprint density at radius 2 is 1.88 bits per heavy atom. The van der Waals surface area contributed by atoms with Crippen LogP contribution in [0.4, 0.5) is 4.39 Å². The van der Waals surface area contributed by atoms with Crippen LogP contribution in [0.1, 0.15) is 88.0 Å². The minimum absolute atomic E-state index is 0.106. The molecule has 42 heavy (non-hydrogen) atoms. The Balaban J connectivity index is 1.40. The van der Waals surface area contributed by atoms with E-state index in [9.17, 15) is 4.79 Å². The summed E-state index contributed by atoms with van der Waals surface area (Å²) >= 11 is 0. The molecular weight excluding hydrogens is 531 g/mol. The molecule has 3 aromatic rings. The first kappa shape index (κ1) is 30.1. The van der Waals surface area contributed by atoms with E-state index in [1.807, 2.05) is 31.2 Å². The van der Waals surface area contributed by atoms with Gasteiger partial charge in [-0.05, 0) is 102 Å². The molecule has 0 N–H and O–H groups in total. The second-order valence-corrected chi connectivity index (χ2v) is 12.4. The van der Waals surface area contributed by atoms with Gasteiger partial charge in [-0.15, -0.1) is 0 Å². The van der Waals surface area contributed by atoms with Gasteiger partial charge in [-0.2, -0.15) is 0 Å². The lowest BCUT2D eigenvalue weighted by Crippen LogP contribution is -2.30. The van der Waals surface area contributed by atoms with E-state index in [4.69, 9.17) is 18.9 Å². The van der Waals surface area contributed by atoms with Crippen LogP contribution in [0.2, 0.25) is 0 Å². The molecule has 0 bridgehead atoms. The predicted octanol–water partition coefficient (Wildman–Crippen LogP) is 8.79. The van der Waals surface area contributed by atoms with Gasteiger partial charge < -0.3 is 18.9 Å². The van der Waals surface area contributed by atoms with Crippen molar-refractivity contribution < 1.29 is 28.1 Å². The number of esters is 1. The van der Waals surface area contributed by atoms with Gasteiger partial charge in [0.2, 0.25) is 0 Å². The van der Waals surface area contributed by atoms with Crippen molar-refractivity contribution in [3.05, 3.63) is 83.2 Å². The third-order valence-corrected chi connectivity index (χ3v) is 8.59. The SMILES string of the molecule is CCOC(=O)CC(CC1CC1)c1cccc(OCc2ccc(-c3cc(OC)ccc3F)c([C@@H]3OCCCC3(C)C)c2)c1. The van der Waals surface area contributed by atoms with Crippen LogP contribution in [0.5, 0.6) is 11.5 Å². The first-order valence-corrected chi connectivity index (χ1v) is 15.2. The number of benzene rings is 3. The fourth-order valence-electron chi connectivity index (χ4n) is 6.14. The zero-order valence-electron chi connectivity index (χ0n) is 25.3. The fraction of sp³-hybridized carbons (Fsp3) is 0.472. The molecule has 1 aliphatic carbocycles. The number of rotatable bonds is 12. The van der Waals surface area contributed by atoms with E-state index in [0.29, 0.717) is 43.5 Å². The minimum atomic E-state index is -0.296. The Kier molecular flexibility index (Phi) is 9.52. The molecule has 3 aromatic carbocycles. The average molecular weight is 575 g/mol. The van der Waals surface area contributed by atoms with Gasteiger partial charge in [-0.25, -0.2) is 4.39 Å². The second-order valence-electron chi connectivity index (χ2n) is 12.4. The number of methoxy groups -OCH3 is 1. The van der Waals surface area contributed by atoms with Crippen molar-refractivity contribution in [2.24, 2.45) is 11.3 Å². The van der Waals surface area contributed by atoms with Crippen LogP contribution >= 0.6 is 0 Å². The van der Waals surface area contributed by atoms with Crippen molar-refractivity contribution in [2.45, 2.75) is 77.9 Å². The van der Waals surface area contributed by atoms with Crippen LogP contribution < -0.4 is 9.47 Å². The fourth-order valence-corrected chi connectivity index (χ4v) is 6.14. The van der Waals surface area contributed by atoms with Gasteiger partial charge in [0.15, 0.2) is 0 Å². The Morgan fingerprint density at radius 1 is 1.05 bits per heavy atom. The van der Waals surface area contributed by atoms with Crippen molar-refractivity contribution >= 4 is 5.97 Å². The Labute approximate surface area is 249 Å². The maximum atomic E-state index is 15.2. The van der Waals surface area contributed by atoms with E-state index in [-0.39, 0.29) is 29.2 Å². The van der Waals surface area contributed by atoms with Gasteiger partial charge in [0.25, 0.3) is 0 Å². The molecular formula is C36H43FO5. The molecule has 224 valence electrons. The normalized spacial score (nSPS) is 18.7. The Hall–Kier alpha value is -3.38. The summed E-state index contributed by atoms with van der Waals surface area (Å²) in [6.45, 7) is 7.70. The van der Waals surface area contributed by atoms with Gasteiger partial charge in [0.1, 0.15) is 23.9 Å². The summed E-state index contributed by atoms with van der Waals surface area (Å²) in [6, 6.07) is 19.0. The molecule has 2 aliphatic rings. The van der Waals surface area contributed by atoms with Crippen molar-refractivity contribution in [3.8, 4) is 22.6 Å². The summed E-state index contributed by atoms with van der Waals surface area (Å²) < 4.78 is 38.5. The number of ether oxygens (including phenoxy) is 4. The van der Waals surface area contributed by atoms with Crippen LogP contribution in [0.25, 0.3) is 11.1 Å². The van der Waals surface area contributed by atoms with Crippen molar-refractivity contribution in [2.75, 3.05) is 20.3 Å². The Bertz CT molecular complexity index is 1380. The molecule has 0 radical (unpaired) electrons. The van der Waals surface area contributed by atoms with E-state index in [1.54, 1.807) is 19.2 Å². The first-order valence-electron chi connectivity index (χ1n) is 15.2. The molecule has 1 heterocycles. The summed E-state index contributed by atoms with van der Waals surface area (Å²) in [5.41, 5.74) is 4.24. The standard InChI is InChI=1S/C36H43FO5/c1-5-40-34(38)21-27(18-24-10-11-24)26-8-6-9-29(20-26)42-23-25-12-14-30(31-22-28(39-4)13-15-33(31)37)32(19-25)35-36(2,3)16-7-17-41-35/h6,8-9,12-15,19-20,22,24,27,35H,5,7,10-11,16-18,21,23H2,1-4H3/t27?,35-/m0/s1. The van der Waals surface area contributed by atoms with Crippen molar-refractivity contribution in [3.63, 3.8) is 0 Å². The highest BCUT2D eigenvalue weighted by Crippen LogP contribution is 2.47. The van der Waals surface area contributed by atoms with E-state index >= 15 is 4.39 Å². The van der Waals surface area contributed by atoms with E-state index < -0.39 is 0 Å². The Morgan fingerprint density at radius 3 is 2.62 bits per heavy atom. The van der Waals surface area contributed by atoms with Crippen LogP contribution in [0.15, 0.2) is 60.7 Å². The molecule has 6 heteroatoms. The smallest absolute Gasteiger partial charge is 0.306 e. The van der Waals surface area contributed by atoms with Gasteiger partial charge in [0, 0.05) is 12.2 Å². The highest BCUT2D eigenvalue weighted by atomic mass is 19.1. The number of halogens is 1. The van der Waals surface area contributed by atoms with Crippen LogP contribution in [-0.4, -0.2) is 26.3 Å². The molecule has 0 spiro atoms. The molecule has 1 saturated heterocycles. The van der Waals surface area contributed by atoms with E-state index in [2.05, 4.69) is 32.0 Å². The topological polar surface area (TPSA) is 54.0 Å². The quantitative estimate of drug-likeness (QED) is 0.202. The highest BCUT2D eigenvalue weighted by molar-refractivity contribution is 5.71. The van der Waals surface area contributed by atoms with E-state index in [0.717, 1.165) is 47.3 Å². The molecule has 5 nitrogen and oxygen atoms in total. The molecule has 0 aromatic heterocycles. The summed E-state index contributed by atoms with van der Waals surface area (Å²) in [4.78, 5) is 12.3. The third kappa shape index (κ3) is 7.33. The lowest BCUT2D eigenvalue weighted by atomic mass is 9.75. The molecule has 1 unspecified atom stereocenters. The van der Waals surface area contributed by atoms with Gasteiger partial charge >= 0.3 is 5.97 Å². The second kappa shape index (κ2) is 13.3. The first-order chi connectivity index (χ1) is 20.3. The maximum Gasteiger partial charge on any atom is 0.306 e.